The van der Waals surface area contributed by atoms with Gasteiger partial charge in [0.15, 0.2) is 0 Å². The van der Waals surface area contributed by atoms with Crippen LogP contribution in [0.15, 0.2) is 24.3 Å². The third-order valence-corrected chi connectivity index (χ3v) is 2.43. The number of nitro benzene ring substituents is 1. The summed E-state index contributed by atoms with van der Waals surface area (Å²) in [5.41, 5.74) is 0.850. The van der Waals surface area contributed by atoms with Gasteiger partial charge in [-0.3, -0.25) is 10.1 Å². The molecule has 1 N–H and O–H groups in total. The lowest BCUT2D eigenvalue weighted by molar-refractivity contribution is -0.385. The molecule has 1 aliphatic heterocycles. The van der Waals surface area contributed by atoms with Crippen molar-refractivity contribution in [2.24, 2.45) is 0 Å². The van der Waals surface area contributed by atoms with Crippen LogP contribution in [-0.4, -0.2) is 24.7 Å². The summed E-state index contributed by atoms with van der Waals surface area (Å²) in [6.07, 6.45) is 0. The minimum atomic E-state index is -0.356. The first-order chi connectivity index (χ1) is 7.29. The molecule has 0 bridgehead atoms. The van der Waals surface area contributed by atoms with Crippen LogP contribution in [0.5, 0.6) is 0 Å². The van der Waals surface area contributed by atoms with E-state index in [4.69, 9.17) is 4.74 Å². The van der Waals surface area contributed by atoms with Crippen LogP contribution >= 0.6 is 12.4 Å². The minimum Gasteiger partial charge on any atom is -0.378 e. The molecule has 0 aliphatic carbocycles. The van der Waals surface area contributed by atoms with Crippen LogP contribution < -0.4 is 5.32 Å². The Morgan fingerprint density at radius 3 is 2.81 bits per heavy atom. The van der Waals surface area contributed by atoms with Crippen molar-refractivity contribution >= 4 is 18.1 Å². The van der Waals surface area contributed by atoms with Gasteiger partial charge in [-0.1, -0.05) is 18.2 Å². The van der Waals surface area contributed by atoms with E-state index >= 15 is 0 Å². The lowest BCUT2D eigenvalue weighted by atomic mass is 10.0. The SMILES string of the molecule is Cl.O=[N+]([O-])c1ccccc1[C@@H]1COCCN1. The van der Waals surface area contributed by atoms with Crippen molar-refractivity contribution in [2.45, 2.75) is 6.04 Å². The fraction of sp³-hybridized carbons (Fsp3) is 0.400. The average molecular weight is 245 g/mol. The van der Waals surface area contributed by atoms with E-state index in [9.17, 15) is 10.1 Å². The van der Waals surface area contributed by atoms with Crippen LogP contribution in [0.2, 0.25) is 0 Å². The summed E-state index contributed by atoms with van der Waals surface area (Å²) in [5.74, 6) is 0. The molecule has 0 saturated carbocycles. The van der Waals surface area contributed by atoms with Gasteiger partial charge >= 0.3 is 0 Å². The lowest BCUT2D eigenvalue weighted by Gasteiger charge is -2.23. The zero-order valence-corrected chi connectivity index (χ0v) is 9.40. The Kier molecular flexibility index (Phi) is 4.67. The smallest absolute Gasteiger partial charge is 0.274 e. The van der Waals surface area contributed by atoms with Crippen LogP contribution in [0.25, 0.3) is 0 Å². The van der Waals surface area contributed by atoms with Gasteiger partial charge in [-0.25, -0.2) is 0 Å². The topological polar surface area (TPSA) is 64.4 Å². The number of nitrogens with zero attached hydrogens (tertiary/aromatic N) is 1. The van der Waals surface area contributed by atoms with Crippen molar-refractivity contribution in [2.75, 3.05) is 19.8 Å². The second kappa shape index (κ2) is 5.79. The molecular weight excluding hydrogens is 232 g/mol. The molecule has 1 aliphatic rings. The third kappa shape index (κ3) is 2.69. The van der Waals surface area contributed by atoms with Crippen molar-refractivity contribution in [3.05, 3.63) is 39.9 Å². The maximum Gasteiger partial charge on any atom is 0.274 e. The van der Waals surface area contributed by atoms with E-state index in [1.807, 2.05) is 0 Å². The molecule has 1 atom stereocenters. The maximum atomic E-state index is 10.8. The summed E-state index contributed by atoms with van der Waals surface area (Å²) < 4.78 is 5.29. The molecule has 1 saturated heterocycles. The van der Waals surface area contributed by atoms with E-state index in [0.717, 1.165) is 6.54 Å². The predicted octanol–water partition coefficient (Wildman–Crippen LogP) is 1.68. The van der Waals surface area contributed by atoms with E-state index in [-0.39, 0.29) is 29.1 Å². The Labute approximate surface area is 99.4 Å². The highest BCUT2D eigenvalue weighted by atomic mass is 35.5. The Morgan fingerprint density at radius 2 is 2.19 bits per heavy atom. The quantitative estimate of drug-likeness (QED) is 0.635. The lowest BCUT2D eigenvalue weighted by Crippen LogP contribution is -2.34. The number of ether oxygens (including phenoxy) is 1. The number of hydrogen-bond acceptors (Lipinski definition) is 4. The number of nitro groups is 1. The normalized spacial score (nSPS) is 19.9. The molecule has 88 valence electrons. The zero-order valence-electron chi connectivity index (χ0n) is 8.59. The Hall–Kier alpha value is -1.17. The summed E-state index contributed by atoms with van der Waals surface area (Å²) in [5, 5.41) is 14.0. The highest BCUT2D eigenvalue weighted by molar-refractivity contribution is 5.85. The second-order valence-corrected chi connectivity index (χ2v) is 3.40. The summed E-state index contributed by atoms with van der Waals surface area (Å²) >= 11 is 0. The molecule has 1 aromatic rings. The Bertz CT molecular complexity index is 367. The molecule has 1 aromatic carbocycles. The molecule has 0 amide bonds. The fourth-order valence-electron chi connectivity index (χ4n) is 1.71. The number of benzene rings is 1. The van der Waals surface area contributed by atoms with Gasteiger partial charge in [0.2, 0.25) is 0 Å². The van der Waals surface area contributed by atoms with Crippen molar-refractivity contribution in [1.82, 2.24) is 5.32 Å². The van der Waals surface area contributed by atoms with E-state index in [1.165, 1.54) is 6.07 Å². The highest BCUT2D eigenvalue weighted by Gasteiger charge is 2.23. The largest absolute Gasteiger partial charge is 0.378 e. The molecule has 5 nitrogen and oxygen atoms in total. The average Bonchev–Trinajstić information content (AvgIpc) is 2.30. The molecule has 0 radical (unpaired) electrons. The monoisotopic (exact) mass is 244 g/mol. The second-order valence-electron chi connectivity index (χ2n) is 3.40. The van der Waals surface area contributed by atoms with Crippen LogP contribution in [0, 0.1) is 10.1 Å². The van der Waals surface area contributed by atoms with Gasteiger partial charge < -0.3 is 10.1 Å². The number of para-hydroxylation sites is 1. The molecule has 6 heteroatoms. The molecular formula is C10H13ClN2O3. The first-order valence-corrected chi connectivity index (χ1v) is 4.83. The highest BCUT2D eigenvalue weighted by Crippen LogP contribution is 2.25. The van der Waals surface area contributed by atoms with E-state index in [0.29, 0.717) is 18.8 Å². The van der Waals surface area contributed by atoms with E-state index in [1.54, 1.807) is 18.2 Å². The summed E-state index contributed by atoms with van der Waals surface area (Å²) in [6.45, 7) is 1.89. The molecule has 16 heavy (non-hydrogen) atoms. The van der Waals surface area contributed by atoms with E-state index < -0.39 is 0 Å². The van der Waals surface area contributed by atoms with Crippen LogP contribution in [0.1, 0.15) is 11.6 Å². The van der Waals surface area contributed by atoms with Gasteiger partial charge in [-0.15, -0.1) is 12.4 Å². The van der Waals surface area contributed by atoms with E-state index in [2.05, 4.69) is 5.32 Å². The molecule has 2 rings (SSSR count). The van der Waals surface area contributed by atoms with Gasteiger partial charge in [0.1, 0.15) is 0 Å². The summed E-state index contributed by atoms with van der Waals surface area (Å²) in [4.78, 5) is 10.4. The number of nitrogens with one attached hydrogen (secondary N) is 1. The van der Waals surface area contributed by atoms with Crippen molar-refractivity contribution in [3.8, 4) is 0 Å². The first-order valence-electron chi connectivity index (χ1n) is 4.83. The maximum absolute atomic E-state index is 10.8. The predicted molar refractivity (Wildman–Crippen MR) is 61.9 cm³/mol. The number of hydrogen-bond donors (Lipinski definition) is 1. The fourth-order valence-corrected chi connectivity index (χ4v) is 1.71. The standard InChI is InChI=1S/C10H12N2O3.ClH/c13-12(14)10-4-2-1-3-8(10)9-7-15-6-5-11-9;/h1-4,9,11H,5-7H2;1H/t9-;/m0./s1. The number of rotatable bonds is 2. The van der Waals surface area contributed by atoms with Crippen LogP contribution in [-0.2, 0) is 4.74 Å². The van der Waals surface area contributed by atoms with Crippen molar-refractivity contribution < 1.29 is 9.66 Å². The summed E-state index contributed by atoms with van der Waals surface area (Å²) in [6, 6.07) is 6.69. The van der Waals surface area contributed by atoms with Gasteiger partial charge in [0.25, 0.3) is 5.69 Å². The minimum absolute atomic E-state index is 0. The zero-order chi connectivity index (χ0) is 10.7. The van der Waals surface area contributed by atoms with Crippen LogP contribution in [0.3, 0.4) is 0 Å². The first kappa shape index (κ1) is 12.9. The third-order valence-electron chi connectivity index (χ3n) is 2.43. The van der Waals surface area contributed by atoms with Crippen LogP contribution in [0.4, 0.5) is 5.69 Å². The molecule has 0 unspecified atom stereocenters. The molecule has 1 fully saturated rings. The van der Waals surface area contributed by atoms with Gasteiger partial charge in [-0.05, 0) is 0 Å². The number of morpholine rings is 1. The number of halogens is 1. The molecule has 1 heterocycles. The van der Waals surface area contributed by atoms with Crippen molar-refractivity contribution in [1.29, 1.82) is 0 Å². The van der Waals surface area contributed by atoms with Gasteiger partial charge in [-0.2, -0.15) is 0 Å². The van der Waals surface area contributed by atoms with Gasteiger partial charge in [0.05, 0.1) is 24.2 Å². The molecule has 0 spiro atoms. The van der Waals surface area contributed by atoms with Gasteiger partial charge in [0, 0.05) is 18.2 Å². The van der Waals surface area contributed by atoms with Crippen molar-refractivity contribution in [3.63, 3.8) is 0 Å². The summed E-state index contributed by atoms with van der Waals surface area (Å²) in [7, 11) is 0. The molecule has 0 aromatic heterocycles. The Balaban J connectivity index is 0.00000128. The Morgan fingerprint density at radius 1 is 1.44 bits per heavy atom.